The summed E-state index contributed by atoms with van der Waals surface area (Å²) in [5, 5.41) is 17.0. The Hall–Kier alpha value is -2.15. The van der Waals surface area contributed by atoms with Crippen molar-refractivity contribution in [2.75, 3.05) is 20.2 Å². The smallest absolute Gasteiger partial charge is 0.311 e. The van der Waals surface area contributed by atoms with Crippen LogP contribution >= 0.6 is 0 Å². The van der Waals surface area contributed by atoms with E-state index in [4.69, 9.17) is 4.74 Å². The molecule has 0 unspecified atom stereocenters. The van der Waals surface area contributed by atoms with Gasteiger partial charge in [0, 0.05) is 18.7 Å². The summed E-state index contributed by atoms with van der Waals surface area (Å²) in [5.74, 6) is -0.349. The molecule has 1 amide bonds. The number of nitrogens with zero attached hydrogens (tertiary/aromatic N) is 1. The summed E-state index contributed by atoms with van der Waals surface area (Å²) in [6.07, 6.45) is 1.90. The predicted molar refractivity (Wildman–Crippen MR) is 73.0 cm³/mol. The second-order valence-electron chi connectivity index (χ2n) is 4.63. The maximum absolute atomic E-state index is 12.2. The molecule has 7 nitrogen and oxygen atoms in total. The Morgan fingerprint density at radius 1 is 1.55 bits per heavy atom. The summed E-state index contributed by atoms with van der Waals surface area (Å²) in [6, 6.07) is 4.37. The van der Waals surface area contributed by atoms with E-state index < -0.39 is 4.92 Å². The maximum Gasteiger partial charge on any atom is 0.311 e. The molecular weight excluding hydrogens is 262 g/mol. The number of benzene rings is 1. The molecule has 1 aromatic carbocycles. The van der Waals surface area contributed by atoms with E-state index >= 15 is 0 Å². The van der Waals surface area contributed by atoms with Crippen molar-refractivity contribution in [2.24, 2.45) is 0 Å². The van der Waals surface area contributed by atoms with Crippen molar-refractivity contribution in [3.8, 4) is 5.75 Å². The molecule has 1 atom stereocenters. The van der Waals surface area contributed by atoms with Crippen molar-refractivity contribution in [3.63, 3.8) is 0 Å². The lowest BCUT2D eigenvalue weighted by Gasteiger charge is -2.24. The Morgan fingerprint density at radius 3 is 2.95 bits per heavy atom. The number of methoxy groups -OCH3 is 1. The van der Waals surface area contributed by atoms with Crippen LogP contribution in [0.3, 0.4) is 0 Å². The van der Waals surface area contributed by atoms with Crippen molar-refractivity contribution in [2.45, 2.75) is 18.9 Å². The molecule has 7 heteroatoms. The van der Waals surface area contributed by atoms with Crippen molar-refractivity contribution >= 4 is 11.6 Å². The monoisotopic (exact) mass is 279 g/mol. The first-order valence-corrected chi connectivity index (χ1v) is 6.46. The molecule has 0 bridgehead atoms. The topological polar surface area (TPSA) is 93.5 Å². The number of nitro benzene ring substituents is 1. The summed E-state index contributed by atoms with van der Waals surface area (Å²) in [6.45, 7) is 1.66. The van der Waals surface area contributed by atoms with Gasteiger partial charge >= 0.3 is 5.69 Å². The second kappa shape index (κ2) is 6.33. The van der Waals surface area contributed by atoms with E-state index in [0.717, 1.165) is 19.4 Å². The minimum Gasteiger partial charge on any atom is -0.490 e. The van der Waals surface area contributed by atoms with Gasteiger partial charge in [-0.2, -0.15) is 0 Å². The normalized spacial score (nSPS) is 18.4. The van der Waals surface area contributed by atoms with Crippen LogP contribution in [0, 0.1) is 10.1 Å². The van der Waals surface area contributed by atoms with E-state index in [9.17, 15) is 14.9 Å². The molecule has 108 valence electrons. The average Bonchev–Trinajstić information content (AvgIpc) is 2.47. The highest BCUT2D eigenvalue weighted by atomic mass is 16.6. The molecule has 2 rings (SSSR count). The Morgan fingerprint density at radius 2 is 2.35 bits per heavy atom. The van der Waals surface area contributed by atoms with E-state index in [1.807, 2.05) is 0 Å². The fourth-order valence-electron chi connectivity index (χ4n) is 2.30. The Bertz CT molecular complexity index is 512. The Labute approximate surface area is 116 Å². The SMILES string of the molecule is COc1c(C(=O)N[C@H]2CCCNC2)cccc1[N+](=O)[O-]. The zero-order chi connectivity index (χ0) is 14.5. The molecule has 1 fully saturated rings. The molecule has 1 aliphatic heterocycles. The fraction of sp³-hybridized carbons (Fsp3) is 0.462. The number of piperidine rings is 1. The van der Waals surface area contributed by atoms with Gasteiger partial charge in [-0.15, -0.1) is 0 Å². The first-order valence-electron chi connectivity index (χ1n) is 6.46. The van der Waals surface area contributed by atoms with Crippen molar-refractivity contribution < 1.29 is 14.5 Å². The van der Waals surface area contributed by atoms with E-state index in [1.165, 1.54) is 25.3 Å². The largest absolute Gasteiger partial charge is 0.490 e. The van der Waals surface area contributed by atoms with Crippen LogP contribution in [0.15, 0.2) is 18.2 Å². The van der Waals surface area contributed by atoms with E-state index in [2.05, 4.69) is 10.6 Å². The highest BCUT2D eigenvalue weighted by molar-refractivity contribution is 5.98. The number of hydrogen-bond donors (Lipinski definition) is 2. The second-order valence-corrected chi connectivity index (χ2v) is 4.63. The number of ether oxygens (including phenoxy) is 1. The van der Waals surface area contributed by atoms with Gasteiger partial charge in [-0.05, 0) is 25.5 Å². The first-order chi connectivity index (χ1) is 9.63. The third-order valence-corrected chi connectivity index (χ3v) is 3.27. The number of hydrogen-bond acceptors (Lipinski definition) is 5. The van der Waals surface area contributed by atoms with Crippen molar-refractivity contribution in [3.05, 3.63) is 33.9 Å². The lowest BCUT2D eigenvalue weighted by atomic mass is 10.1. The van der Waals surface area contributed by atoms with Crippen LogP contribution in [-0.4, -0.2) is 37.1 Å². The number of amides is 1. The minimum atomic E-state index is -0.558. The standard InChI is InChI=1S/C13H17N3O4/c1-20-12-10(5-2-6-11(12)16(18)19)13(17)15-9-4-3-7-14-8-9/h2,5-6,9,14H,3-4,7-8H2,1H3,(H,15,17)/t9-/m0/s1. The molecule has 0 aliphatic carbocycles. The number of para-hydroxylation sites is 1. The van der Waals surface area contributed by atoms with Crippen LogP contribution < -0.4 is 15.4 Å². The molecule has 0 aromatic heterocycles. The van der Waals surface area contributed by atoms with Gasteiger partial charge < -0.3 is 15.4 Å². The molecule has 0 spiro atoms. The van der Waals surface area contributed by atoms with Crippen molar-refractivity contribution in [1.82, 2.24) is 10.6 Å². The van der Waals surface area contributed by atoms with Crippen LogP contribution in [0.5, 0.6) is 5.75 Å². The van der Waals surface area contributed by atoms with E-state index in [1.54, 1.807) is 0 Å². The molecule has 1 aromatic rings. The molecular formula is C13H17N3O4. The van der Waals surface area contributed by atoms with E-state index in [0.29, 0.717) is 6.54 Å². The molecule has 2 N–H and O–H groups in total. The van der Waals surface area contributed by atoms with Gasteiger partial charge in [-0.3, -0.25) is 14.9 Å². The lowest BCUT2D eigenvalue weighted by molar-refractivity contribution is -0.385. The molecule has 20 heavy (non-hydrogen) atoms. The van der Waals surface area contributed by atoms with Gasteiger partial charge in [0.25, 0.3) is 5.91 Å². The van der Waals surface area contributed by atoms with Crippen LogP contribution in [0.1, 0.15) is 23.2 Å². The summed E-state index contributed by atoms with van der Waals surface area (Å²) in [7, 11) is 1.32. The Kier molecular flexibility index (Phi) is 4.52. The summed E-state index contributed by atoms with van der Waals surface area (Å²) < 4.78 is 5.03. The van der Waals surface area contributed by atoms with Crippen LogP contribution in [0.4, 0.5) is 5.69 Å². The van der Waals surface area contributed by atoms with Crippen LogP contribution in [-0.2, 0) is 0 Å². The zero-order valence-electron chi connectivity index (χ0n) is 11.2. The minimum absolute atomic E-state index is 0.00114. The van der Waals surface area contributed by atoms with Gasteiger partial charge in [-0.1, -0.05) is 6.07 Å². The molecule has 0 saturated carbocycles. The summed E-state index contributed by atoms with van der Waals surface area (Å²) in [4.78, 5) is 22.6. The van der Waals surface area contributed by atoms with Gasteiger partial charge in [0.2, 0.25) is 5.75 Å². The molecule has 1 heterocycles. The van der Waals surface area contributed by atoms with Gasteiger partial charge in [-0.25, -0.2) is 0 Å². The average molecular weight is 279 g/mol. The molecule has 1 aliphatic rings. The molecule has 0 radical (unpaired) electrons. The summed E-state index contributed by atoms with van der Waals surface area (Å²) in [5.41, 5.74) is -0.0193. The molecule has 1 saturated heterocycles. The first kappa shape index (κ1) is 14.3. The number of carbonyl (C=O) groups is 1. The third-order valence-electron chi connectivity index (χ3n) is 3.27. The highest BCUT2D eigenvalue weighted by Gasteiger charge is 2.24. The number of rotatable bonds is 4. The fourth-order valence-corrected chi connectivity index (χ4v) is 2.30. The van der Waals surface area contributed by atoms with Gasteiger partial charge in [0.1, 0.15) is 0 Å². The quantitative estimate of drug-likeness (QED) is 0.635. The number of carbonyl (C=O) groups excluding carboxylic acids is 1. The van der Waals surface area contributed by atoms with Crippen molar-refractivity contribution in [1.29, 1.82) is 0 Å². The summed E-state index contributed by atoms with van der Waals surface area (Å²) >= 11 is 0. The third kappa shape index (κ3) is 3.05. The maximum atomic E-state index is 12.2. The Balaban J connectivity index is 2.20. The van der Waals surface area contributed by atoms with Crippen LogP contribution in [0.25, 0.3) is 0 Å². The van der Waals surface area contributed by atoms with E-state index in [-0.39, 0.29) is 28.9 Å². The highest BCUT2D eigenvalue weighted by Crippen LogP contribution is 2.30. The zero-order valence-corrected chi connectivity index (χ0v) is 11.2. The predicted octanol–water partition coefficient (Wildman–Crippen LogP) is 1.09. The van der Waals surface area contributed by atoms with Crippen LogP contribution in [0.2, 0.25) is 0 Å². The number of nitrogens with one attached hydrogen (secondary N) is 2. The number of nitro groups is 1. The lowest BCUT2D eigenvalue weighted by Crippen LogP contribution is -2.45. The van der Waals surface area contributed by atoms with Gasteiger partial charge in [0.15, 0.2) is 0 Å². The van der Waals surface area contributed by atoms with Gasteiger partial charge in [0.05, 0.1) is 17.6 Å².